The van der Waals surface area contributed by atoms with Crippen LogP contribution in [0.4, 0.5) is 5.82 Å². The maximum atomic E-state index is 8.62. The second-order valence-corrected chi connectivity index (χ2v) is 10.6. The zero-order valence-corrected chi connectivity index (χ0v) is 25.2. The van der Waals surface area contributed by atoms with Gasteiger partial charge in [-0.05, 0) is 72.3 Å². The molecular weight excluding hydrogens is 538 g/mol. The lowest BCUT2D eigenvalue weighted by molar-refractivity contribution is 0.474. The summed E-state index contributed by atoms with van der Waals surface area (Å²) in [5, 5.41) is 17.5. The molecule has 0 amide bonds. The molecule has 1 aromatic carbocycles. The number of nitrogen functional groups attached to an aromatic ring is 1. The Morgan fingerprint density at radius 2 is 1.93 bits per heavy atom. The van der Waals surface area contributed by atoms with Crippen LogP contribution in [0.5, 0.6) is 0 Å². The van der Waals surface area contributed by atoms with Crippen molar-refractivity contribution in [2.24, 2.45) is 11.5 Å². The zero-order chi connectivity index (χ0) is 30.2. The number of anilines is 1. The monoisotopic (exact) mass is 581 g/mol. The lowest BCUT2D eigenvalue weighted by atomic mass is 10.0. The number of nitrogens with one attached hydrogen (secondary N) is 1. The predicted octanol–water partition coefficient (Wildman–Crippen LogP) is 5.86. The van der Waals surface area contributed by atoms with Crippen LogP contribution in [-0.2, 0) is 13.0 Å². The molecule has 0 fully saturated rings. The SMILES string of the molecule is C/C(C1=CCC=C(CC\C=C/C=C\C=C\O)C=C1)=c1/c(N)n[nH]/c1=C(/N)Cc1cccc(CN)c1.SC1=CC=CCC1. The predicted molar refractivity (Wildman–Crippen MR) is 182 cm³/mol. The molecule has 2 aliphatic carbocycles. The summed E-state index contributed by atoms with van der Waals surface area (Å²) in [4.78, 5) is 1.20. The summed E-state index contributed by atoms with van der Waals surface area (Å²) in [5.41, 5.74) is 24.9. The minimum atomic E-state index is 0.442. The molecule has 0 unspecified atom stereocenters. The third kappa shape index (κ3) is 10.3. The highest BCUT2D eigenvalue weighted by Crippen LogP contribution is 2.20. The Hall–Kier alpha value is -4.20. The summed E-state index contributed by atoms with van der Waals surface area (Å²) in [7, 11) is 0. The Kier molecular flexibility index (Phi) is 13.5. The maximum Gasteiger partial charge on any atom is 0.153 e. The van der Waals surface area contributed by atoms with Crippen molar-refractivity contribution in [1.29, 1.82) is 0 Å². The molecular formula is C35H43N5OS. The number of hydrogen-bond acceptors (Lipinski definition) is 6. The van der Waals surface area contributed by atoms with E-state index < -0.39 is 0 Å². The van der Waals surface area contributed by atoms with Gasteiger partial charge in [-0.1, -0.05) is 96.7 Å². The van der Waals surface area contributed by atoms with Crippen molar-refractivity contribution in [3.63, 3.8) is 0 Å². The van der Waals surface area contributed by atoms with Crippen molar-refractivity contribution in [1.82, 2.24) is 10.2 Å². The van der Waals surface area contributed by atoms with Gasteiger partial charge in [0.2, 0.25) is 0 Å². The number of nitrogens with two attached hydrogens (primary N) is 3. The van der Waals surface area contributed by atoms with Gasteiger partial charge in [0.25, 0.3) is 0 Å². The highest BCUT2D eigenvalue weighted by Gasteiger charge is 2.09. The van der Waals surface area contributed by atoms with Crippen molar-refractivity contribution in [2.45, 2.75) is 52.0 Å². The molecule has 7 heteroatoms. The van der Waals surface area contributed by atoms with Gasteiger partial charge in [0.15, 0.2) is 5.82 Å². The molecule has 2 aromatic rings. The number of aliphatic hydroxyl groups is 1. The Bertz CT molecular complexity index is 1560. The first-order chi connectivity index (χ1) is 20.4. The number of thiol groups is 1. The van der Waals surface area contributed by atoms with E-state index in [1.54, 1.807) is 12.2 Å². The lowest BCUT2D eigenvalue weighted by Crippen LogP contribution is -2.32. The van der Waals surface area contributed by atoms with Crippen LogP contribution in [0.25, 0.3) is 11.3 Å². The molecule has 220 valence electrons. The number of allylic oxidation sites excluding steroid dienone is 15. The molecule has 42 heavy (non-hydrogen) atoms. The largest absolute Gasteiger partial charge is 0.516 e. The molecule has 1 heterocycles. The zero-order valence-electron chi connectivity index (χ0n) is 24.3. The number of rotatable bonds is 9. The van der Waals surface area contributed by atoms with Crippen molar-refractivity contribution < 1.29 is 5.11 Å². The van der Waals surface area contributed by atoms with Crippen LogP contribution >= 0.6 is 12.6 Å². The normalized spacial score (nSPS) is 16.6. The van der Waals surface area contributed by atoms with Gasteiger partial charge >= 0.3 is 0 Å². The van der Waals surface area contributed by atoms with E-state index in [0.29, 0.717) is 24.5 Å². The van der Waals surface area contributed by atoms with Crippen molar-refractivity contribution in [3.05, 3.63) is 141 Å². The summed E-state index contributed by atoms with van der Waals surface area (Å²) >= 11 is 4.17. The van der Waals surface area contributed by atoms with E-state index in [4.69, 9.17) is 22.3 Å². The van der Waals surface area contributed by atoms with Gasteiger partial charge in [0.1, 0.15) is 0 Å². The van der Waals surface area contributed by atoms with Gasteiger partial charge in [-0.2, -0.15) is 5.10 Å². The molecule has 4 rings (SSSR count). The van der Waals surface area contributed by atoms with Gasteiger partial charge in [0, 0.05) is 23.9 Å². The second kappa shape index (κ2) is 17.6. The highest BCUT2D eigenvalue weighted by molar-refractivity contribution is 7.84. The fraction of sp³-hybridized carbons (Fsp3) is 0.229. The Balaban J connectivity index is 0.000000603. The average Bonchev–Trinajstić information content (AvgIpc) is 3.23. The van der Waals surface area contributed by atoms with E-state index in [1.165, 1.54) is 10.5 Å². The summed E-state index contributed by atoms with van der Waals surface area (Å²) in [6, 6.07) is 8.12. The lowest BCUT2D eigenvalue weighted by Gasteiger charge is -2.05. The van der Waals surface area contributed by atoms with E-state index in [9.17, 15) is 0 Å². The van der Waals surface area contributed by atoms with E-state index in [0.717, 1.165) is 71.2 Å². The topological polar surface area (TPSA) is 127 Å². The van der Waals surface area contributed by atoms with E-state index in [2.05, 4.69) is 72.3 Å². The first kappa shape index (κ1) is 32.3. The van der Waals surface area contributed by atoms with E-state index >= 15 is 0 Å². The van der Waals surface area contributed by atoms with Gasteiger partial charge in [0.05, 0.1) is 11.6 Å². The average molecular weight is 582 g/mol. The Morgan fingerprint density at radius 1 is 1.12 bits per heavy atom. The number of H-pyrrole nitrogens is 1. The fourth-order valence-corrected chi connectivity index (χ4v) is 4.83. The number of benzene rings is 1. The smallest absolute Gasteiger partial charge is 0.153 e. The fourth-order valence-electron chi connectivity index (χ4n) is 4.61. The van der Waals surface area contributed by atoms with Crippen LogP contribution in [0.1, 0.15) is 50.2 Å². The number of aromatic nitrogens is 2. The molecule has 0 saturated carbocycles. The molecule has 0 spiro atoms. The molecule has 1 aromatic heterocycles. The van der Waals surface area contributed by atoms with Gasteiger partial charge < -0.3 is 22.3 Å². The van der Waals surface area contributed by atoms with Gasteiger partial charge in [-0.15, -0.1) is 12.6 Å². The van der Waals surface area contributed by atoms with E-state index in [-0.39, 0.29) is 0 Å². The third-order valence-corrected chi connectivity index (χ3v) is 7.26. The van der Waals surface area contributed by atoms with Crippen LogP contribution in [0, 0.1) is 0 Å². The molecule has 0 bridgehead atoms. The molecule has 8 N–H and O–H groups in total. The minimum Gasteiger partial charge on any atom is -0.516 e. The molecule has 2 aliphatic rings. The van der Waals surface area contributed by atoms with Crippen LogP contribution < -0.4 is 27.8 Å². The van der Waals surface area contributed by atoms with Gasteiger partial charge in [-0.3, -0.25) is 5.10 Å². The number of nitrogens with zero attached hydrogens (tertiary/aromatic N) is 1. The highest BCUT2D eigenvalue weighted by atomic mass is 32.1. The molecule has 0 radical (unpaired) electrons. The van der Waals surface area contributed by atoms with Crippen LogP contribution in [-0.4, -0.2) is 15.3 Å². The Morgan fingerprint density at radius 3 is 2.64 bits per heavy atom. The summed E-state index contributed by atoms with van der Waals surface area (Å²) < 4.78 is 0. The Labute approximate surface area is 254 Å². The van der Waals surface area contributed by atoms with E-state index in [1.807, 2.05) is 42.5 Å². The minimum absolute atomic E-state index is 0.442. The molecule has 0 aliphatic heterocycles. The first-order valence-electron chi connectivity index (χ1n) is 14.2. The quantitative estimate of drug-likeness (QED) is 0.126. The van der Waals surface area contributed by atoms with Crippen LogP contribution in [0.2, 0.25) is 0 Å². The second-order valence-electron chi connectivity index (χ2n) is 10.0. The van der Waals surface area contributed by atoms with Crippen molar-refractivity contribution >= 4 is 29.7 Å². The molecule has 6 nitrogen and oxygen atoms in total. The van der Waals surface area contributed by atoms with Crippen LogP contribution in [0.3, 0.4) is 0 Å². The standard InChI is InChI=1S/C29H35N5O.C6H8S/c1-21(25-14-9-11-22(15-16-25)10-6-4-2-3-5-7-17-35)27-28(33-34-29(27)32)26(31)19-23-12-8-13-24(18-23)20-30;7-6-4-2-1-3-5-6/h2-5,7-8,11-18,33,35H,6,9-10,19-20,30-31H2,1H3,(H2,32,34);1-2,4,7H,3,5H2/b4-2-,5-3-,17-7+,27-21-,28-26+;. The summed E-state index contributed by atoms with van der Waals surface area (Å²) in [6.07, 6.45) is 31.0. The van der Waals surface area contributed by atoms with Crippen LogP contribution in [0.15, 0.2) is 119 Å². The first-order valence-corrected chi connectivity index (χ1v) is 14.7. The van der Waals surface area contributed by atoms with Crippen molar-refractivity contribution in [2.75, 3.05) is 5.73 Å². The summed E-state index contributed by atoms with van der Waals surface area (Å²) in [6.45, 7) is 2.55. The molecule has 0 atom stereocenters. The number of hydrogen-bond donors (Lipinski definition) is 6. The van der Waals surface area contributed by atoms with Crippen molar-refractivity contribution in [3.8, 4) is 0 Å². The maximum absolute atomic E-state index is 8.62. The number of aliphatic hydroxyl groups excluding tert-OH is 1. The third-order valence-electron chi connectivity index (χ3n) is 6.89. The number of aromatic amines is 1. The van der Waals surface area contributed by atoms with Gasteiger partial charge in [-0.25, -0.2) is 0 Å². The molecule has 0 saturated heterocycles. The summed E-state index contributed by atoms with van der Waals surface area (Å²) in [5.74, 6) is 0.442.